The molecule has 0 radical (unpaired) electrons. The lowest BCUT2D eigenvalue weighted by atomic mass is 9.90. The van der Waals surface area contributed by atoms with Crippen molar-refractivity contribution in [1.82, 2.24) is 25.0 Å². The monoisotopic (exact) mass is 347 g/mol. The van der Waals surface area contributed by atoms with Crippen molar-refractivity contribution in [2.24, 2.45) is 0 Å². The predicted molar refractivity (Wildman–Crippen MR) is 95.2 cm³/mol. The zero-order valence-corrected chi connectivity index (χ0v) is 15.1. The number of amides is 2. The third kappa shape index (κ3) is 3.95. The van der Waals surface area contributed by atoms with Crippen molar-refractivity contribution in [3.05, 3.63) is 35.0 Å². The van der Waals surface area contributed by atoms with Gasteiger partial charge in [-0.25, -0.2) is 9.78 Å². The maximum Gasteiger partial charge on any atom is 0.317 e. The van der Waals surface area contributed by atoms with Crippen molar-refractivity contribution >= 4 is 17.4 Å². The SMILES string of the molecule is C[C@H](CN(C)C(=O)N[C@H]1CCCC[C@H]1n1cccn1)c1nccs1. The van der Waals surface area contributed by atoms with E-state index in [9.17, 15) is 4.79 Å². The second-order valence-electron chi connectivity index (χ2n) is 6.55. The average molecular weight is 347 g/mol. The number of hydrogen-bond donors (Lipinski definition) is 1. The van der Waals surface area contributed by atoms with Gasteiger partial charge in [-0.2, -0.15) is 5.10 Å². The largest absolute Gasteiger partial charge is 0.333 e. The van der Waals surface area contributed by atoms with Gasteiger partial charge < -0.3 is 10.2 Å². The Morgan fingerprint density at radius 3 is 3.00 bits per heavy atom. The van der Waals surface area contributed by atoms with Crippen LogP contribution in [0.1, 0.15) is 49.6 Å². The van der Waals surface area contributed by atoms with E-state index in [4.69, 9.17) is 0 Å². The number of thiazole rings is 1. The first-order valence-corrected chi connectivity index (χ1v) is 9.43. The molecule has 0 saturated heterocycles. The summed E-state index contributed by atoms with van der Waals surface area (Å²) >= 11 is 1.64. The van der Waals surface area contributed by atoms with E-state index in [0.29, 0.717) is 6.54 Å². The van der Waals surface area contributed by atoms with Gasteiger partial charge in [-0.1, -0.05) is 19.8 Å². The Balaban J connectivity index is 1.58. The molecule has 6 nitrogen and oxygen atoms in total. The van der Waals surface area contributed by atoms with Gasteiger partial charge in [0, 0.05) is 43.5 Å². The molecule has 7 heteroatoms. The van der Waals surface area contributed by atoms with E-state index in [2.05, 4.69) is 22.3 Å². The molecule has 1 N–H and O–H groups in total. The summed E-state index contributed by atoms with van der Waals surface area (Å²) in [7, 11) is 1.85. The van der Waals surface area contributed by atoms with E-state index in [1.54, 1.807) is 22.4 Å². The zero-order valence-electron chi connectivity index (χ0n) is 14.3. The quantitative estimate of drug-likeness (QED) is 0.903. The van der Waals surface area contributed by atoms with Crippen LogP contribution in [0.3, 0.4) is 0 Å². The first-order chi connectivity index (χ1) is 11.6. The molecule has 2 aromatic rings. The number of carbonyl (C=O) groups excluding carboxylic acids is 1. The minimum absolute atomic E-state index is 0.0116. The highest BCUT2D eigenvalue weighted by Crippen LogP contribution is 2.28. The smallest absolute Gasteiger partial charge is 0.317 e. The second-order valence-corrected chi connectivity index (χ2v) is 7.47. The van der Waals surface area contributed by atoms with E-state index in [-0.39, 0.29) is 24.0 Å². The first-order valence-electron chi connectivity index (χ1n) is 8.55. The van der Waals surface area contributed by atoms with Gasteiger partial charge in [0.05, 0.1) is 17.1 Å². The fourth-order valence-corrected chi connectivity index (χ4v) is 4.08. The average Bonchev–Trinajstić information content (AvgIpc) is 3.29. The lowest BCUT2D eigenvalue weighted by Crippen LogP contribution is -2.48. The first kappa shape index (κ1) is 17.0. The van der Waals surface area contributed by atoms with Gasteiger partial charge >= 0.3 is 6.03 Å². The van der Waals surface area contributed by atoms with E-state index in [1.807, 2.05) is 35.6 Å². The lowest BCUT2D eigenvalue weighted by molar-refractivity contribution is 0.185. The van der Waals surface area contributed by atoms with E-state index in [0.717, 1.165) is 24.3 Å². The molecule has 1 aliphatic carbocycles. The Labute approximate surface area is 146 Å². The van der Waals surface area contributed by atoms with Crippen LogP contribution >= 0.6 is 11.3 Å². The minimum atomic E-state index is -0.0116. The van der Waals surface area contributed by atoms with Crippen LogP contribution in [0.5, 0.6) is 0 Å². The van der Waals surface area contributed by atoms with Crippen LogP contribution < -0.4 is 5.32 Å². The van der Waals surface area contributed by atoms with E-state index in [1.165, 1.54) is 6.42 Å². The van der Waals surface area contributed by atoms with E-state index < -0.39 is 0 Å². The van der Waals surface area contributed by atoms with Crippen molar-refractivity contribution in [1.29, 1.82) is 0 Å². The summed E-state index contributed by atoms with van der Waals surface area (Å²) in [6.07, 6.45) is 10.0. The third-order valence-corrected chi connectivity index (χ3v) is 5.68. The molecule has 2 aromatic heterocycles. The summed E-state index contributed by atoms with van der Waals surface area (Å²) in [5, 5.41) is 10.6. The molecular weight excluding hydrogens is 322 g/mol. The van der Waals surface area contributed by atoms with Gasteiger partial charge in [0.2, 0.25) is 0 Å². The molecule has 1 fully saturated rings. The number of likely N-dealkylation sites (N-methyl/N-ethyl adjacent to an activating group) is 1. The summed E-state index contributed by atoms with van der Waals surface area (Å²) in [5.74, 6) is 0.244. The fourth-order valence-electron chi connectivity index (χ4n) is 3.39. The number of nitrogens with one attached hydrogen (secondary N) is 1. The molecule has 3 rings (SSSR count). The molecule has 24 heavy (non-hydrogen) atoms. The third-order valence-electron chi connectivity index (χ3n) is 4.67. The second kappa shape index (κ2) is 7.79. The number of hydrogen-bond acceptors (Lipinski definition) is 4. The lowest BCUT2D eigenvalue weighted by Gasteiger charge is -2.34. The van der Waals surface area contributed by atoms with Crippen LogP contribution in [0.15, 0.2) is 30.0 Å². The predicted octanol–water partition coefficient (Wildman–Crippen LogP) is 3.27. The standard InChI is InChI=1S/C17H25N5OS/c1-13(16-18-9-11-24-16)12-21(2)17(23)20-14-6-3-4-7-15(14)22-10-5-8-19-22/h5,8-11,13-15H,3-4,6-7,12H2,1-2H3,(H,20,23)/t13-,14+,15-/m1/s1. The molecule has 0 bridgehead atoms. The molecule has 2 amide bonds. The molecule has 0 aromatic carbocycles. The van der Waals surface area contributed by atoms with Gasteiger partial charge in [-0.05, 0) is 18.9 Å². The van der Waals surface area contributed by atoms with E-state index >= 15 is 0 Å². The Morgan fingerprint density at radius 1 is 1.46 bits per heavy atom. The van der Waals surface area contributed by atoms with Crippen LogP contribution in [-0.4, -0.2) is 45.3 Å². The van der Waals surface area contributed by atoms with Gasteiger partial charge in [-0.15, -0.1) is 11.3 Å². The summed E-state index contributed by atoms with van der Waals surface area (Å²) in [4.78, 5) is 18.7. The summed E-state index contributed by atoms with van der Waals surface area (Å²) < 4.78 is 1.99. The Kier molecular flexibility index (Phi) is 5.50. The normalized spacial score (nSPS) is 22.1. The highest BCUT2D eigenvalue weighted by Gasteiger charge is 2.29. The molecule has 1 saturated carbocycles. The molecule has 130 valence electrons. The topological polar surface area (TPSA) is 63.1 Å². The fraction of sp³-hybridized carbons (Fsp3) is 0.588. The molecule has 0 unspecified atom stereocenters. The van der Waals surface area contributed by atoms with Crippen molar-refractivity contribution in [3.63, 3.8) is 0 Å². The maximum absolute atomic E-state index is 12.6. The number of aromatic nitrogens is 3. The molecular formula is C17H25N5OS. The Morgan fingerprint density at radius 2 is 2.29 bits per heavy atom. The highest BCUT2D eigenvalue weighted by atomic mass is 32.1. The highest BCUT2D eigenvalue weighted by molar-refractivity contribution is 7.09. The van der Waals surface area contributed by atoms with Crippen molar-refractivity contribution in [2.75, 3.05) is 13.6 Å². The van der Waals surface area contributed by atoms with Gasteiger partial charge in [0.15, 0.2) is 0 Å². The summed E-state index contributed by atoms with van der Waals surface area (Å²) in [5.41, 5.74) is 0. The molecule has 2 heterocycles. The number of nitrogens with zero attached hydrogens (tertiary/aromatic N) is 4. The van der Waals surface area contributed by atoms with Crippen LogP contribution in [0.2, 0.25) is 0 Å². The van der Waals surface area contributed by atoms with Crippen LogP contribution in [-0.2, 0) is 0 Å². The van der Waals surface area contributed by atoms with Crippen molar-refractivity contribution in [2.45, 2.75) is 50.6 Å². The molecule has 1 aliphatic rings. The van der Waals surface area contributed by atoms with Gasteiger partial charge in [0.25, 0.3) is 0 Å². The van der Waals surface area contributed by atoms with Crippen LogP contribution in [0, 0.1) is 0 Å². The van der Waals surface area contributed by atoms with Crippen LogP contribution in [0.4, 0.5) is 4.79 Å². The Bertz CT molecular complexity index is 627. The molecule has 0 aliphatic heterocycles. The molecule has 3 atom stereocenters. The van der Waals surface area contributed by atoms with Crippen LogP contribution in [0.25, 0.3) is 0 Å². The Hall–Kier alpha value is -1.89. The number of carbonyl (C=O) groups is 1. The number of urea groups is 1. The zero-order chi connectivity index (χ0) is 16.9. The summed E-state index contributed by atoms with van der Waals surface area (Å²) in [6.45, 7) is 2.77. The van der Waals surface area contributed by atoms with Crippen molar-refractivity contribution < 1.29 is 4.79 Å². The molecule has 0 spiro atoms. The minimum Gasteiger partial charge on any atom is -0.333 e. The summed E-state index contributed by atoms with van der Waals surface area (Å²) in [6, 6.07) is 2.32. The van der Waals surface area contributed by atoms with Crippen molar-refractivity contribution in [3.8, 4) is 0 Å². The van der Waals surface area contributed by atoms with Gasteiger partial charge in [0.1, 0.15) is 0 Å². The van der Waals surface area contributed by atoms with Gasteiger partial charge in [-0.3, -0.25) is 4.68 Å². The number of rotatable bonds is 5. The maximum atomic E-state index is 12.6.